The summed E-state index contributed by atoms with van der Waals surface area (Å²) < 4.78 is 6.63. The third kappa shape index (κ3) is 3.33. The zero-order valence-corrected chi connectivity index (χ0v) is 13.1. The second-order valence-electron chi connectivity index (χ2n) is 6.19. The van der Waals surface area contributed by atoms with Crippen molar-refractivity contribution in [2.75, 3.05) is 33.4 Å². The highest BCUT2D eigenvalue weighted by atomic mass is 16.5. The molecule has 0 bridgehead atoms. The molecule has 3 nitrogen and oxygen atoms in total. The number of aryl methyl sites for hydroxylation is 1. The van der Waals surface area contributed by atoms with Crippen molar-refractivity contribution in [2.45, 2.75) is 39.7 Å². The Morgan fingerprint density at radius 2 is 1.90 bits per heavy atom. The summed E-state index contributed by atoms with van der Waals surface area (Å²) in [5.41, 5.74) is 3.91. The summed E-state index contributed by atoms with van der Waals surface area (Å²) in [4.78, 5) is 0. The van der Waals surface area contributed by atoms with Crippen LogP contribution in [0, 0.1) is 13.8 Å². The third-order valence-electron chi connectivity index (χ3n) is 4.72. The molecule has 2 rings (SSSR count). The molecule has 20 heavy (non-hydrogen) atoms. The van der Waals surface area contributed by atoms with Crippen LogP contribution in [0.1, 0.15) is 36.0 Å². The van der Waals surface area contributed by atoms with Crippen molar-refractivity contribution in [1.82, 2.24) is 0 Å². The smallest absolute Gasteiger partial charge is 0.122 e. The monoisotopic (exact) mass is 278 g/mol. The van der Waals surface area contributed by atoms with Crippen LogP contribution in [-0.4, -0.2) is 42.9 Å². The van der Waals surface area contributed by atoms with Crippen LogP contribution < -0.4 is 4.74 Å². The van der Waals surface area contributed by atoms with Crippen molar-refractivity contribution < 1.29 is 14.3 Å². The summed E-state index contributed by atoms with van der Waals surface area (Å²) in [7, 11) is 1.75. The minimum absolute atomic E-state index is 0.302. The SMILES string of the molecule is COc1cc(C[N+]2(CCCO)CCCC2)cc(C)c1C. The average Bonchev–Trinajstić information content (AvgIpc) is 2.89. The maximum atomic E-state index is 9.14. The first-order valence-electron chi connectivity index (χ1n) is 7.70. The normalized spacial score (nSPS) is 17.4. The molecular weight excluding hydrogens is 250 g/mol. The van der Waals surface area contributed by atoms with E-state index in [9.17, 15) is 0 Å². The van der Waals surface area contributed by atoms with Crippen molar-refractivity contribution in [1.29, 1.82) is 0 Å². The third-order valence-corrected chi connectivity index (χ3v) is 4.72. The Balaban J connectivity index is 2.20. The molecule has 0 aliphatic carbocycles. The summed E-state index contributed by atoms with van der Waals surface area (Å²) in [5.74, 6) is 1.000. The highest BCUT2D eigenvalue weighted by molar-refractivity contribution is 5.42. The highest BCUT2D eigenvalue weighted by Crippen LogP contribution is 2.28. The van der Waals surface area contributed by atoms with E-state index in [0.717, 1.165) is 29.7 Å². The van der Waals surface area contributed by atoms with E-state index in [1.54, 1.807) is 7.11 Å². The van der Waals surface area contributed by atoms with Crippen molar-refractivity contribution >= 4 is 0 Å². The molecule has 0 spiro atoms. The van der Waals surface area contributed by atoms with E-state index in [2.05, 4.69) is 26.0 Å². The second kappa shape index (κ2) is 6.59. The number of aliphatic hydroxyl groups excluding tert-OH is 1. The Labute approximate surface area is 122 Å². The van der Waals surface area contributed by atoms with Crippen LogP contribution in [0.3, 0.4) is 0 Å². The Bertz CT molecular complexity index is 451. The molecule has 0 aromatic heterocycles. The molecule has 1 aliphatic rings. The van der Waals surface area contributed by atoms with Gasteiger partial charge in [0.15, 0.2) is 0 Å². The lowest BCUT2D eigenvalue weighted by Crippen LogP contribution is -2.45. The second-order valence-corrected chi connectivity index (χ2v) is 6.19. The molecule has 1 saturated heterocycles. The number of aliphatic hydroxyl groups is 1. The number of hydrogen-bond acceptors (Lipinski definition) is 2. The van der Waals surface area contributed by atoms with Gasteiger partial charge in [0, 0.05) is 31.4 Å². The topological polar surface area (TPSA) is 29.5 Å². The minimum atomic E-state index is 0.302. The van der Waals surface area contributed by atoms with Gasteiger partial charge in [0.2, 0.25) is 0 Å². The maximum Gasteiger partial charge on any atom is 0.122 e. The number of quaternary nitrogens is 1. The fraction of sp³-hybridized carbons (Fsp3) is 0.647. The number of methoxy groups -OCH3 is 1. The molecule has 1 aliphatic heterocycles. The lowest BCUT2D eigenvalue weighted by Gasteiger charge is -2.34. The van der Waals surface area contributed by atoms with Gasteiger partial charge in [-0.1, -0.05) is 0 Å². The molecule has 1 aromatic carbocycles. The Morgan fingerprint density at radius 3 is 2.50 bits per heavy atom. The van der Waals surface area contributed by atoms with E-state index in [4.69, 9.17) is 9.84 Å². The zero-order valence-electron chi connectivity index (χ0n) is 13.1. The van der Waals surface area contributed by atoms with Crippen LogP contribution in [0.5, 0.6) is 5.75 Å². The summed E-state index contributed by atoms with van der Waals surface area (Å²) in [5, 5.41) is 9.14. The van der Waals surface area contributed by atoms with Gasteiger partial charge >= 0.3 is 0 Å². The molecule has 0 saturated carbocycles. The standard InChI is InChI=1S/C17H28NO2/c1-14-11-16(12-17(20-3)15(14)2)13-18(9-6-10-19)7-4-5-8-18/h11-12,19H,4-10,13H2,1-3H3/q+1. The Morgan fingerprint density at radius 1 is 1.20 bits per heavy atom. The van der Waals surface area contributed by atoms with Crippen LogP contribution in [0.4, 0.5) is 0 Å². The van der Waals surface area contributed by atoms with Gasteiger partial charge < -0.3 is 14.3 Å². The number of ether oxygens (including phenoxy) is 1. The van der Waals surface area contributed by atoms with Gasteiger partial charge in [-0.25, -0.2) is 0 Å². The summed E-state index contributed by atoms with van der Waals surface area (Å²) >= 11 is 0. The first-order chi connectivity index (χ1) is 9.60. The number of benzene rings is 1. The lowest BCUT2D eigenvalue weighted by atomic mass is 10.0. The van der Waals surface area contributed by atoms with Gasteiger partial charge in [0.1, 0.15) is 12.3 Å². The van der Waals surface area contributed by atoms with E-state index < -0.39 is 0 Å². The molecule has 1 heterocycles. The number of likely N-dealkylation sites (tertiary alicyclic amines) is 1. The molecule has 0 atom stereocenters. The van der Waals surface area contributed by atoms with Crippen LogP contribution in [0.15, 0.2) is 12.1 Å². The maximum absolute atomic E-state index is 9.14. The van der Waals surface area contributed by atoms with Crippen LogP contribution in [-0.2, 0) is 6.54 Å². The molecule has 0 unspecified atom stereocenters. The largest absolute Gasteiger partial charge is 0.496 e. The lowest BCUT2D eigenvalue weighted by molar-refractivity contribution is -0.930. The molecule has 1 aromatic rings. The molecule has 0 amide bonds. The number of hydrogen-bond donors (Lipinski definition) is 1. The molecule has 1 fully saturated rings. The first kappa shape index (κ1) is 15.3. The van der Waals surface area contributed by atoms with Gasteiger partial charge in [-0.3, -0.25) is 0 Å². The van der Waals surface area contributed by atoms with Gasteiger partial charge in [-0.2, -0.15) is 0 Å². The summed E-state index contributed by atoms with van der Waals surface area (Å²) in [6.07, 6.45) is 3.53. The van der Waals surface area contributed by atoms with Crippen LogP contribution in [0.2, 0.25) is 0 Å². The van der Waals surface area contributed by atoms with E-state index >= 15 is 0 Å². The highest BCUT2D eigenvalue weighted by Gasteiger charge is 2.31. The summed E-state index contributed by atoms with van der Waals surface area (Å²) in [6.45, 7) is 9.22. The molecular formula is C17H28NO2+. The fourth-order valence-electron chi connectivity index (χ4n) is 3.46. The van der Waals surface area contributed by atoms with E-state index in [1.807, 2.05) is 0 Å². The molecule has 1 N–H and O–H groups in total. The van der Waals surface area contributed by atoms with Crippen molar-refractivity contribution in [3.63, 3.8) is 0 Å². The van der Waals surface area contributed by atoms with Crippen LogP contribution in [0.25, 0.3) is 0 Å². The van der Waals surface area contributed by atoms with Gasteiger partial charge in [-0.15, -0.1) is 0 Å². The first-order valence-corrected chi connectivity index (χ1v) is 7.70. The van der Waals surface area contributed by atoms with E-state index in [-0.39, 0.29) is 0 Å². The Hall–Kier alpha value is -1.06. The van der Waals surface area contributed by atoms with Gasteiger partial charge in [0.25, 0.3) is 0 Å². The quantitative estimate of drug-likeness (QED) is 0.811. The van der Waals surface area contributed by atoms with Gasteiger partial charge in [0.05, 0.1) is 26.7 Å². The van der Waals surface area contributed by atoms with E-state index in [1.165, 1.54) is 42.6 Å². The van der Waals surface area contributed by atoms with Crippen molar-refractivity contribution in [2.24, 2.45) is 0 Å². The summed E-state index contributed by atoms with van der Waals surface area (Å²) in [6, 6.07) is 4.49. The average molecular weight is 278 g/mol. The van der Waals surface area contributed by atoms with E-state index in [0.29, 0.717) is 6.61 Å². The number of rotatable bonds is 6. The predicted octanol–water partition coefficient (Wildman–Crippen LogP) is 2.81. The molecule has 3 heteroatoms. The fourth-order valence-corrected chi connectivity index (χ4v) is 3.46. The molecule has 0 radical (unpaired) electrons. The van der Waals surface area contributed by atoms with Crippen molar-refractivity contribution in [3.05, 3.63) is 28.8 Å². The zero-order chi connectivity index (χ0) is 14.6. The molecule has 112 valence electrons. The minimum Gasteiger partial charge on any atom is -0.496 e. The predicted molar refractivity (Wildman–Crippen MR) is 82.0 cm³/mol. The van der Waals surface area contributed by atoms with Crippen molar-refractivity contribution in [3.8, 4) is 5.75 Å². The van der Waals surface area contributed by atoms with Crippen LogP contribution >= 0.6 is 0 Å². The Kier molecular flexibility index (Phi) is 5.06. The number of nitrogens with zero attached hydrogens (tertiary/aromatic N) is 1. The van der Waals surface area contributed by atoms with Gasteiger partial charge in [-0.05, 0) is 37.1 Å².